The molecule has 2 aromatic rings. The van der Waals surface area contributed by atoms with E-state index in [-0.39, 0.29) is 6.04 Å². The van der Waals surface area contributed by atoms with Crippen LogP contribution in [0.25, 0.3) is 5.65 Å². The fourth-order valence-electron chi connectivity index (χ4n) is 1.21. The molecule has 0 spiro atoms. The molecule has 4 nitrogen and oxygen atoms in total. The lowest BCUT2D eigenvalue weighted by molar-refractivity contribution is 0.733. The maximum atomic E-state index is 5.70. The smallest absolute Gasteiger partial charge is 0.168 e. The summed E-state index contributed by atoms with van der Waals surface area (Å²) in [6.07, 6.45) is 1.89. The van der Waals surface area contributed by atoms with Crippen LogP contribution >= 0.6 is 15.9 Å². The third-order valence-electron chi connectivity index (χ3n) is 2.04. The van der Waals surface area contributed by atoms with Crippen LogP contribution in [0.5, 0.6) is 0 Å². The van der Waals surface area contributed by atoms with Crippen molar-refractivity contribution in [3.63, 3.8) is 0 Å². The number of halogens is 1. The van der Waals surface area contributed by atoms with Gasteiger partial charge in [0.25, 0.3) is 0 Å². The maximum Gasteiger partial charge on any atom is 0.168 e. The van der Waals surface area contributed by atoms with Gasteiger partial charge in [-0.1, -0.05) is 0 Å². The van der Waals surface area contributed by atoms with E-state index in [1.807, 2.05) is 26.1 Å². The lowest BCUT2D eigenvalue weighted by atomic mass is 10.3. The summed E-state index contributed by atoms with van der Waals surface area (Å²) >= 11 is 3.44. The Kier molecular flexibility index (Phi) is 2.28. The van der Waals surface area contributed by atoms with Crippen LogP contribution in [0.3, 0.4) is 0 Å². The molecule has 2 rings (SSSR count). The van der Waals surface area contributed by atoms with Gasteiger partial charge in [0, 0.05) is 10.7 Å². The fourth-order valence-corrected chi connectivity index (χ4v) is 1.52. The van der Waals surface area contributed by atoms with Gasteiger partial charge in [-0.3, -0.25) is 0 Å². The van der Waals surface area contributed by atoms with Crippen LogP contribution in [0.1, 0.15) is 24.4 Å². The van der Waals surface area contributed by atoms with Gasteiger partial charge in [-0.2, -0.15) is 0 Å². The number of fused-ring (bicyclic) bond motifs is 1. The molecule has 74 valence electrons. The van der Waals surface area contributed by atoms with Crippen LogP contribution in [0.2, 0.25) is 0 Å². The van der Waals surface area contributed by atoms with Gasteiger partial charge in [-0.15, -0.1) is 5.10 Å². The number of rotatable bonds is 1. The Labute approximate surface area is 90.3 Å². The van der Waals surface area contributed by atoms with E-state index in [0.29, 0.717) is 5.82 Å². The number of nitrogens with zero attached hydrogens (tertiary/aromatic N) is 3. The first-order valence-electron chi connectivity index (χ1n) is 4.36. The van der Waals surface area contributed by atoms with Crippen LogP contribution in [0, 0.1) is 6.92 Å². The minimum atomic E-state index is -0.131. The van der Waals surface area contributed by atoms with Gasteiger partial charge in [-0.25, -0.2) is 9.50 Å². The minimum Gasteiger partial charge on any atom is -0.321 e. The van der Waals surface area contributed by atoms with Crippen molar-refractivity contribution in [1.29, 1.82) is 0 Å². The Hall–Kier alpha value is -0.940. The molecule has 0 radical (unpaired) electrons. The Morgan fingerprint density at radius 2 is 2.29 bits per heavy atom. The zero-order chi connectivity index (χ0) is 10.3. The highest BCUT2D eigenvalue weighted by molar-refractivity contribution is 9.10. The maximum absolute atomic E-state index is 5.70. The predicted octanol–water partition coefficient (Wildman–Crippen LogP) is 1.82. The van der Waals surface area contributed by atoms with E-state index in [0.717, 1.165) is 15.7 Å². The summed E-state index contributed by atoms with van der Waals surface area (Å²) in [7, 11) is 0. The van der Waals surface area contributed by atoms with Crippen molar-refractivity contribution in [2.75, 3.05) is 0 Å². The second kappa shape index (κ2) is 3.33. The Bertz CT molecular complexity index is 436. The van der Waals surface area contributed by atoms with E-state index in [1.165, 1.54) is 0 Å². The van der Waals surface area contributed by atoms with Gasteiger partial charge in [0.2, 0.25) is 0 Å². The average Bonchev–Trinajstić information content (AvgIpc) is 2.48. The monoisotopic (exact) mass is 254 g/mol. The van der Waals surface area contributed by atoms with Crippen molar-refractivity contribution in [2.45, 2.75) is 19.9 Å². The molecule has 0 saturated carbocycles. The van der Waals surface area contributed by atoms with E-state index in [4.69, 9.17) is 5.73 Å². The largest absolute Gasteiger partial charge is 0.321 e. The Morgan fingerprint density at radius 1 is 1.57 bits per heavy atom. The highest BCUT2D eigenvalue weighted by Crippen LogP contribution is 2.17. The van der Waals surface area contributed by atoms with Gasteiger partial charge < -0.3 is 5.73 Å². The van der Waals surface area contributed by atoms with Crippen LogP contribution in [-0.4, -0.2) is 14.6 Å². The molecule has 2 N–H and O–H groups in total. The second-order valence-electron chi connectivity index (χ2n) is 3.37. The summed E-state index contributed by atoms with van der Waals surface area (Å²) < 4.78 is 2.75. The van der Waals surface area contributed by atoms with Crippen molar-refractivity contribution in [3.05, 3.63) is 28.1 Å². The number of hydrogen-bond donors (Lipinski definition) is 1. The SMILES string of the molecule is Cc1cc2nc(C(C)N)nn2cc1Br. The topological polar surface area (TPSA) is 56.2 Å². The van der Waals surface area contributed by atoms with E-state index < -0.39 is 0 Å². The molecule has 0 aliphatic carbocycles. The van der Waals surface area contributed by atoms with Crippen molar-refractivity contribution < 1.29 is 0 Å². The zero-order valence-electron chi connectivity index (χ0n) is 8.03. The summed E-state index contributed by atoms with van der Waals surface area (Å²) in [6.45, 7) is 3.89. The van der Waals surface area contributed by atoms with Gasteiger partial charge in [0.1, 0.15) is 0 Å². The normalized spacial score (nSPS) is 13.4. The van der Waals surface area contributed by atoms with Crippen LogP contribution in [0.4, 0.5) is 0 Å². The molecule has 1 unspecified atom stereocenters. The van der Waals surface area contributed by atoms with E-state index in [9.17, 15) is 0 Å². The van der Waals surface area contributed by atoms with Crippen molar-refractivity contribution in [2.24, 2.45) is 5.73 Å². The fraction of sp³-hybridized carbons (Fsp3) is 0.333. The molecule has 0 aromatic carbocycles. The molecule has 5 heteroatoms. The molecule has 0 amide bonds. The van der Waals surface area contributed by atoms with Gasteiger partial charge in [0.15, 0.2) is 11.5 Å². The first-order valence-corrected chi connectivity index (χ1v) is 5.15. The van der Waals surface area contributed by atoms with E-state index >= 15 is 0 Å². The molecule has 0 fully saturated rings. The molecule has 0 aliphatic rings. The first kappa shape index (κ1) is 9.61. The highest BCUT2D eigenvalue weighted by atomic mass is 79.9. The molecule has 1 atom stereocenters. The molecule has 0 saturated heterocycles. The Balaban J connectivity index is 2.66. The van der Waals surface area contributed by atoms with Gasteiger partial charge >= 0.3 is 0 Å². The molecule has 2 aromatic heterocycles. The molecular formula is C9H11BrN4. The van der Waals surface area contributed by atoms with E-state index in [1.54, 1.807) is 4.52 Å². The number of aromatic nitrogens is 3. The summed E-state index contributed by atoms with van der Waals surface area (Å²) in [5.74, 6) is 0.669. The second-order valence-corrected chi connectivity index (χ2v) is 4.22. The lowest BCUT2D eigenvalue weighted by Crippen LogP contribution is -2.07. The first-order chi connectivity index (χ1) is 6.58. The molecule has 0 bridgehead atoms. The van der Waals surface area contributed by atoms with Crippen molar-refractivity contribution in [1.82, 2.24) is 14.6 Å². The van der Waals surface area contributed by atoms with Crippen LogP contribution in [0.15, 0.2) is 16.7 Å². The average molecular weight is 255 g/mol. The molecule has 2 heterocycles. The van der Waals surface area contributed by atoms with Crippen molar-refractivity contribution in [3.8, 4) is 0 Å². The number of aryl methyl sites for hydroxylation is 1. The van der Waals surface area contributed by atoms with Gasteiger partial charge in [-0.05, 0) is 41.4 Å². The van der Waals surface area contributed by atoms with Crippen LogP contribution in [-0.2, 0) is 0 Å². The number of hydrogen-bond acceptors (Lipinski definition) is 3. The summed E-state index contributed by atoms with van der Waals surface area (Å²) in [6, 6.07) is 1.84. The lowest BCUT2D eigenvalue weighted by Gasteiger charge is -1.96. The Morgan fingerprint density at radius 3 is 2.93 bits per heavy atom. The zero-order valence-corrected chi connectivity index (χ0v) is 9.62. The summed E-state index contributed by atoms with van der Waals surface area (Å²) in [5, 5.41) is 4.26. The molecule has 14 heavy (non-hydrogen) atoms. The third kappa shape index (κ3) is 1.53. The molecule has 0 aliphatic heterocycles. The minimum absolute atomic E-state index is 0.131. The third-order valence-corrected chi connectivity index (χ3v) is 2.87. The van der Waals surface area contributed by atoms with Crippen molar-refractivity contribution >= 4 is 21.6 Å². The highest BCUT2D eigenvalue weighted by Gasteiger charge is 2.08. The molecular weight excluding hydrogens is 244 g/mol. The predicted molar refractivity (Wildman–Crippen MR) is 58.0 cm³/mol. The van der Waals surface area contributed by atoms with Gasteiger partial charge in [0.05, 0.1) is 6.04 Å². The van der Waals surface area contributed by atoms with E-state index in [2.05, 4.69) is 26.0 Å². The quantitative estimate of drug-likeness (QED) is 0.845. The summed E-state index contributed by atoms with van der Waals surface area (Å²) in [4.78, 5) is 4.32. The number of pyridine rings is 1. The standard InChI is InChI=1S/C9H11BrN4/c1-5-3-8-12-9(6(2)11)13-14(8)4-7(5)10/h3-4,6H,11H2,1-2H3. The summed E-state index contributed by atoms with van der Waals surface area (Å²) in [5.41, 5.74) is 7.68. The number of nitrogens with two attached hydrogens (primary N) is 1. The van der Waals surface area contributed by atoms with Crippen LogP contribution < -0.4 is 5.73 Å².